The first kappa shape index (κ1) is 14.0. The van der Waals surface area contributed by atoms with E-state index < -0.39 is 0 Å². The normalized spacial score (nSPS) is 14.8. The minimum Gasteiger partial charge on any atom is -0.265 e. The van der Waals surface area contributed by atoms with Gasteiger partial charge < -0.3 is 0 Å². The molecule has 0 heterocycles. The van der Waals surface area contributed by atoms with Crippen molar-refractivity contribution in [1.82, 2.24) is 0 Å². The molecule has 0 aromatic rings. The molecule has 0 amide bonds. The molecular weight excluding hydrogens is 194 g/mol. The van der Waals surface area contributed by atoms with Crippen LogP contribution >= 0.6 is 0 Å². The van der Waals surface area contributed by atoms with Gasteiger partial charge in [-0.05, 0) is 26.7 Å². The second-order valence-electron chi connectivity index (χ2n) is 5.11. The molecule has 0 unspecified atom stereocenters. The van der Waals surface area contributed by atoms with E-state index in [1.165, 1.54) is 0 Å². The summed E-state index contributed by atoms with van der Waals surface area (Å²) in [5, 5.41) is 18.5. The summed E-state index contributed by atoms with van der Waals surface area (Å²) in [5.74, 6) is 0.236. The van der Waals surface area contributed by atoms with Crippen molar-refractivity contribution in [3.05, 3.63) is 10.1 Å². The summed E-state index contributed by atoms with van der Waals surface area (Å²) in [6.45, 7) is 10.2. The van der Waals surface area contributed by atoms with Gasteiger partial charge in [0.25, 0.3) is 0 Å². The van der Waals surface area contributed by atoms with Crippen LogP contribution in [0.15, 0.2) is 10.2 Å². The van der Waals surface area contributed by atoms with E-state index in [9.17, 15) is 10.1 Å². The quantitative estimate of drug-likeness (QED) is 0.402. The average molecular weight is 215 g/mol. The summed E-state index contributed by atoms with van der Waals surface area (Å²) in [6.07, 6.45) is 0. The molecule has 0 N–H and O–H groups in total. The van der Waals surface area contributed by atoms with E-state index in [0.29, 0.717) is 6.54 Å². The van der Waals surface area contributed by atoms with Crippen LogP contribution in [0.2, 0.25) is 0 Å². The Morgan fingerprint density at radius 3 is 2.20 bits per heavy atom. The van der Waals surface area contributed by atoms with Gasteiger partial charge in [0, 0.05) is 10.8 Å². The van der Waals surface area contributed by atoms with Crippen molar-refractivity contribution in [3.63, 3.8) is 0 Å². The van der Waals surface area contributed by atoms with Crippen molar-refractivity contribution in [1.29, 1.82) is 0 Å². The van der Waals surface area contributed by atoms with E-state index in [0.717, 1.165) is 0 Å². The van der Waals surface area contributed by atoms with Gasteiger partial charge in [-0.3, -0.25) is 10.1 Å². The lowest BCUT2D eigenvalue weighted by Crippen LogP contribution is -2.22. The molecule has 0 bridgehead atoms. The summed E-state index contributed by atoms with van der Waals surface area (Å²) in [5.41, 5.74) is -0.198. The Balaban J connectivity index is 4.19. The zero-order chi connectivity index (χ0) is 12.1. The lowest BCUT2D eigenvalue weighted by molar-refractivity contribution is -0.489. The van der Waals surface area contributed by atoms with Crippen molar-refractivity contribution >= 4 is 0 Å². The molecule has 0 saturated carbocycles. The number of nitro groups is 1. The predicted molar refractivity (Wildman–Crippen MR) is 59.7 cm³/mol. The second kappa shape index (κ2) is 5.78. The molecule has 1 atom stereocenters. The number of hydrogen-bond donors (Lipinski definition) is 0. The van der Waals surface area contributed by atoms with Crippen molar-refractivity contribution in [2.75, 3.05) is 13.1 Å². The number of rotatable bonds is 5. The van der Waals surface area contributed by atoms with Crippen LogP contribution in [0.1, 0.15) is 34.6 Å². The van der Waals surface area contributed by atoms with Crippen molar-refractivity contribution < 1.29 is 4.92 Å². The van der Waals surface area contributed by atoms with Gasteiger partial charge >= 0.3 is 0 Å². The fourth-order valence-corrected chi connectivity index (χ4v) is 1.03. The molecular formula is C10H21N3O2. The summed E-state index contributed by atoms with van der Waals surface area (Å²) in [4.78, 5) is 10.1. The van der Waals surface area contributed by atoms with Gasteiger partial charge in [0.15, 0.2) is 0 Å². The zero-order valence-corrected chi connectivity index (χ0v) is 10.2. The lowest BCUT2D eigenvalue weighted by Gasteiger charge is -2.15. The lowest BCUT2D eigenvalue weighted by atomic mass is 9.96. The molecule has 5 heteroatoms. The number of hydrogen-bond acceptors (Lipinski definition) is 4. The van der Waals surface area contributed by atoms with E-state index in [1.807, 2.05) is 34.6 Å². The third kappa shape index (κ3) is 8.03. The van der Waals surface area contributed by atoms with Gasteiger partial charge in [0.1, 0.15) is 0 Å². The van der Waals surface area contributed by atoms with Crippen LogP contribution in [0.3, 0.4) is 0 Å². The maximum atomic E-state index is 10.4. The van der Waals surface area contributed by atoms with Crippen molar-refractivity contribution in [2.45, 2.75) is 40.2 Å². The Kier molecular flexibility index (Phi) is 5.39. The SMILES string of the molecule is CC(C)[C@H](CN=NC(C)(C)C)C[N+](=O)[O-]. The summed E-state index contributed by atoms with van der Waals surface area (Å²) < 4.78 is 0. The Labute approximate surface area is 91.1 Å². The average Bonchev–Trinajstić information content (AvgIpc) is 1.99. The first-order valence-electron chi connectivity index (χ1n) is 5.23. The van der Waals surface area contributed by atoms with Crippen LogP contribution in [0.25, 0.3) is 0 Å². The van der Waals surface area contributed by atoms with E-state index in [1.54, 1.807) is 0 Å². The van der Waals surface area contributed by atoms with Crippen LogP contribution in [-0.2, 0) is 0 Å². The van der Waals surface area contributed by atoms with Gasteiger partial charge in [-0.15, -0.1) is 0 Å². The van der Waals surface area contributed by atoms with E-state index >= 15 is 0 Å². The highest BCUT2D eigenvalue weighted by Crippen LogP contribution is 2.13. The minimum absolute atomic E-state index is 0.0221. The third-order valence-electron chi connectivity index (χ3n) is 2.01. The summed E-state index contributed by atoms with van der Waals surface area (Å²) in [7, 11) is 0. The summed E-state index contributed by atoms with van der Waals surface area (Å²) in [6, 6.07) is 0. The molecule has 0 aromatic carbocycles. The van der Waals surface area contributed by atoms with Gasteiger partial charge in [0.05, 0.1) is 12.1 Å². The maximum absolute atomic E-state index is 10.4. The van der Waals surface area contributed by atoms with E-state index in [4.69, 9.17) is 0 Å². The predicted octanol–water partition coefficient (Wildman–Crippen LogP) is 2.79. The van der Waals surface area contributed by atoms with Crippen LogP contribution in [0, 0.1) is 22.0 Å². The maximum Gasteiger partial charge on any atom is 0.208 e. The number of azo groups is 1. The molecule has 0 aliphatic heterocycles. The zero-order valence-electron chi connectivity index (χ0n) is 10.2. The number of nitrogens with zero attached hydrogens (tertiary/aromatic N) is 3. The van der Waals surface area contributed by atoms with Crippen molar-refractivity contribution in [3.8, 4) is 0 Å². The highest BCUT2D eigenvalue weighted by molar-refractivity contribution is 4.69. The largest absolute Gasteiger partial charge is 0.265 e. The highest BCUT2D eigenvalue weighted by Gasteiger charge is 2.19. The molecule has 5 nitrogen and oxygen atoms in total. The van der Waals surface area contributed by atoms with Gasteiger partial charge in [-0.25, -0.2) is 0 Å². The molecule has 0 aromatic heterocycles. The fraction of sp³-hybridized carbons (Fsp3) is 1.00. The topological polar surface area (TPSA) is 67.9 Å². The van der Waals surface area contributed by atoms with Crippen molar-refractivity contribution in [2.24, 2.45) is 22.1 Å². The fourth-order valence-electron chi connectivity index (χ4n) is 1.03. The third-order valence-corrected chi connectivity index (χ3v) is 2.01. The molecule has 0 saturated heterocycles. The van der Waals surface area contributed by atoms with Crippen LogP contribution in [0.5, 0.6) is 0 Å². The Morgan fingerprint density at radius 2 is 1.87 bits per heavy atom. The molecule has 15 heavy (non-hydrogen) atoms. The first-order valence-corrected chi connectivity index (χ1v) is 5.23. The van der Waals surface area contributed by atoms with Gasteiger partial charge in [-0.2, -0.15) is 10.2 Å². The molecule has 0 aliphatic rings. The smallest absolute Gasteiger partial charge is 0.208 e. The highest BCUT2D eigenvalue weighted by atomic mass is 16.6. The summed E-state index contributed by atoms with van der Waals surface area (Å²) >= 11 is 0. The Bertz CT molecular complexity index is 231. The Morgan fingerprint density at radius 1 is 1.33 bits per heavy atom. The van der Waals surface area contributed by atoms with Gasteiger partial charge in [-0.1, -0.05) is 13.8 Å². The standard InChI is InChI=1S/C10H21N3O2/c1-8(2)9(7-13(14)15)6-11-12-10(3,4)5/h8-9H,6-7H2,1-5H3/t9-/m1/s1. The molecule has 0 rings (SSSR count). The molecule has 0 spiro atoms. The minimum atomic E-state index is -0.280. The van der Waals surface area contributed by atoms with E-state index in [2.05, 4.69) is 10.2 Å². The van der Waals surface area contributed by atoms with Crippen LogP contribution < -0.4 is 0 Å². The van der Waals surface area contributed by atoms with Crippen LogP contribution in [-0.4, -0.2) is 23.6 Å². The Hall–Kier alpha value is -1.00. The van der Waals surface area contributed by atoms with E-state index in [-0.39, 0.29) is 28.8 Å². The molecule has 88 valence electrons. The van der Waals surface area contributed by atoms with Crippen LogP contribution in [0.4, 0.5) is 0 Å². The first-order chi connectivity index (χ1) is 6.72. The molecule has 0 fully saturated rings. The molecule has 0 radical (unpaired) electrons. The monoisotopic (exact) mass is 215 g/mol. The van der Waals surface area contributed by atoms with Gasteiger partial charge in [0.2, 0.25) is 6.54 Å². The molecule has 0 aliphatic carbocycles. The second-order valence-corrected chi connectivity index (χ2v) is 5.11.